The number of aliphatic hydroxyl groups is 2. The van der Waals surface area contributed by atoms with Gasteiger partial charge in [-0.2, -0.15) is 0 Å². The molecule has 0 heterocycles. The van der Waals surface area contributed by atoms with Crippen LogP contribution in [-0.4, -0.2) is 36.5 Å². The summed E-state index contributed by atoms with van der Waals surface area (Å²) >= 11 is 0. The van der Waals surface area contributed by atoms with Crippen molar-refractivity contribution in [3.63, 3.8) is 0 Å². The van der Waals surface area contributed by atoms with Gasteiger partial charge in [0.15, 0.2) is 0 Å². The van der Waals surface area contributed by atoms with Crippen molar-refractivity contribution in [3.8, 4) is 0 Å². The smallest absolute Gasteiger partial charge is 0.0604 e. The van der Waals surface area contributed by atoms with Crippen LogP contribution < -0.4 is 10.6 Å². The van der Waals surface area contributed by atoms with Crippen LogP contribution in [0.15, 0.2) is 18.2 Å². The van der Waals surface area contributed by atoms with Crippen LogP contribution >= 0.6 is 12.4 Å². The molecule has 16 heavy (non-hydrogen) atoms. The van der Waals surface area contributed by atoms with Gasteiger partial charge in [0.1, 0.15) is 0 Å². The first-order valence-electron chi connectivity index (χ1n) is 5.08. The number of halogens is 1. The third-order valence-corrected chi connectivity index (χ3v) is 2.19. The Hall–Kier alpha value is -0.970. The number of benzene rings is 1. The number of hydrogen-bond acceptors (Lipinski definition) is 4. The number of rotatable bonds is 6. The Kier molecular flexibility index (Phi) is 7.72. The van der Waals surface area contributed by atoms with Gasteiger partial charge in [-0.3, -0.25) is 0 Å². The number of anilines is 2. The van der Waals surface area contributed by atoms with Gasteiger partial charge in [0, 0.05) is 24.5 Å². The first-order chi connectivity index (χ1) is 7.29. The molecule has 4 nitrogen and oxygen atoms in total. The van der Waals surface area contributed by atoms with E-state index in [1.54, 1.807) is 0 Å². The quantitative estimate of drug-likeness (QED) is 0.610. The minimum absolute atomic E-state index is 0. The van der Waals surface area contributed by atoms with Crippen molar-refractivity contribution in [1.82, 2.24) is 0 Å². The van der Waals surface area contributed by atoms with Crippen LogP contribution in [0.4, 0.5) is 11.4 Å². The monoisotopic (exact) mass is 246 g/mol. The molecule has 0 amide bonds. The van der Waals surface area contributed by atoms with Gasteiger partial charge < -0.3 is 20.8 Å². The lowest BCUT2D eigenvalue weighted by Gasteiger charge is -2.13. The SMILES string of the molecule is Cc1c(NCCO)cccc1NCCO.Cl. The summed E-state index contributed by atoms with van der Waals surface area (Å²) in [6.45, 7) is 3.33. The Morgan fingerprint density at radius 1 is 1.00 bits per heavy atom. The summed E-state index contributed by atoms with van der Waals surface area (Å²) in [6, 6.07) is 5.87. The third kappa shape index (κ3) is 4.26. The zero-order valence-electron chi connectivity index (χ0n) is 9.36. The van der Waals surface area contributed by atoms with Gasteiger partial charge in [-0.25, -0.2) is 0 Å². The average Bonchev–Trinajstić information content (AvgIpc) is 2.26. The lowest BCUT2D eigenvalue weighted by molar-refractivity contribution is 0.311. The van der Waals surface area contributed by atoms with Crippen LogP contribution in [0.1, 0.15) is 5.56 Å². The molecule has 1 aromatic carbocycles. The van der Waals surface area contributed by atoms with Crippen LogP contribution in [0.5, 0.6) is 0 Å². The molecule has 1 aromatic rings. The first-order valence-corrected chi connectivity index (χ1v) is 5.08. The standard InChI is InChI=1S/C11H18N2O2.ClH/c1-9-10(12-5-7-14)3-2-4-11(9)13-6-8-15;/h2-4,12-15H,5-8H2,1H3;1H. The van der Waals surface area contributed by atoms with Crippen molar-refractivity contribution in [2.45, 2.75) is 6.92 Å². The molecule has 4 N–H and O–H groups in total. The summed E-state index contributed by atoms with van der Waals surface area (Å²) in [5.74, 6) is 0. The van der Waals surface area contributed by atoms with E-state index in [0.29, 0.717) is 13.1 Å². The summed E-state index contributed by atoms with van der Waals surface area (Å²) in [5, 5.41) is 23.7. The summed E-state index contributed by atoms with van der Waals surface area (Å²) in [5.41, 5.74) is 3.11. The van der Waals surface area contributed by atoms with E-state index in [-0.39, 0.29) is 25.6 Å². The molecule has 0 aliphatic rings. The molecule has 0 aliphatic heterocycles. The molecule has 0 fully saturated rings. The van der Waals surface area contributed by atoms with E-state index in [1.807, 2.05) is 25.1 Å². The second-order valence-electron chi connectivity index (χ2n) is 3.28. The van der Waals surface area contributed by atoms with E-state index < -0.39 is 0 Å². The molecule has 0 unspecified atom stereocenters. The van der Waals surface area contributed by atoms with Gasteiger partial charge in [0.2, 0.25) is 0 Å². The molecule has 0 aliphatic carbocycles. The second kappa shape index (κ2) is 8.21. The number of nitrogens with one attached hydrogen (secondary N) is 2. The molecule has 0 bridgehead atoms. The highest BCUT2D eigenvalue weighted by molar-refractivity contribution is 5.85. The predicted molar refractivity (Wildman–Crippen MR) is 69.6 cm³/mol. The molecule has 0 atom stereocenters. The van der Waals surface area contributed by atoms with Crippen LogP contribution in [0.2, 0.25) is 0 Å². The summed E-state index contributed by atoms with van der Waals surface area (Å²) < 4.78 is 0. The molecule has 5 heteroatoms. The van der Waals surface area contributed by atoms with Crippen LogP contribution in [-0.2, 0) is 0 Å². The Balaban J connectivity index is 0.00000225. The van der Waals surface area contributed by atoms with Gasteiger partial charge in [-0.15, -0.1) is 12.4 Å². The van der Waals surface area contributed by atoms with Crippen molar-refractivity contribution in [2.24, 2.45) is 0 Å². The van der Waals surface area contributed by atoms with E-state index in [9.17, 15) is 0 Å². The maximum atomic E-state index is 8.72. The predicted octanol–water partition coefficient (Wildman–Crippen LogP) is 1.23. The Morgan fingerprint density at radius 2 is 1.44 bits per heavy atom. The van der Waals surface area contributed by atoms with Crippen molar-refractivity contribution >= 4 is 23.8 Å². The molecule has 0 radical (unpaired) electrons. The fourth-order valence-corrected chi connectivity index (χ4v) is 1.40. The molecule has 0 spiro atoms. The van der Waals surface area contributed by atoms with Gasteiger partial charge in [-0.1, -0.05) is 6.07 Å². The minimum Gasteiger partial charge on any atom is -0.395 e. The van der Waals surface area contributed by atoms with Crippen LogP contribution in [0, 0.1) is 6.92 Å². The van der Waals surface area contributed by atoms with E-state index in [4.69, 9.17) is 10.2 Å². The Bertz CT molecular complexity index is 282. The van der Waals surface area contributed by atoms with E-state index in [1.165, 1.54) is 0 Å². The van der Waals surface area contributed by atoms with Crippen molar-refractivity contribution in [1.29, 1.82) is 0 Å². The van der Waals surface area contributed by atoms with Gasteiger partial charge >= 0.3 is 0 Å². The zero-order chi connectivity index (χ0) is 11.1. The Labute approximate surface area is 102 Å². The van der Waals surface area contributed by atoms with Gasteiger partial charge in [0.25, 0.3) is 0 Å². The third-order valence-electron chi connectivity index (χ3n) is 2.19. The molecular weight excluding hydrogens is 228 g/mol. The summed E-state index contributed by atoms with van der Waals surface area (Å²) in [7, 11) is 0. The van der Waals surface area contributed by atoms with Crippen molar-refractivity contribution in [3.05, 3.63) is 23.8 Å². The largest absolute Gasteiger partial charge is 0.395 e. The Morgan fingerprint density at radius 3 is 1.81 bits per heavy atom. The zero-order valence-corrected chi connectivity index (χ0v) is 10.2. The molecule has 0 saturated heterocycles. The molecule has 0 saturated carbocycles. The number of hydrogen-bond donors (Lipinski definition) is 4. The normalized spacial score (nSPS) is 9.44. The van der Waals surface area contributed by atoms with E-state index in [0.717, 1.165) is 16.9 Å². The van der Waals surface area contributed by atoms with Crippen LogP contribution in [0.3, 0.4) is 0 Å². The lowest BCUT2D eigenvalue weighted by Crippen LogP contribution is -2.10. The fraction of sp³-hybridized carbons (Fsp3) is 0.455. The summed E-state index contributed by atoms with van der Waals surface area (Å²) in [4.78, 5) is 0. The van der Waals surface area contributed by atoms with E-state index >= 15 is 0 Å². The highest BCUT2D eigenvalue weighted by Crippen LogP contribution is 2.22. The molecule has 92 valence electrons. The first kappa shape index (κ1) is 15.0. The van der Waals surface area contributed by atoms with Gasteiger partial charge in [0.05, 0.1) is 13.2 Å². The molecular formula is C11H19ClN2O2. The van der Waals surface area contributed by atoms with Crippen molar-refractivity contribution < 1.29 is 10.2 Å². The maximum absolute atomic E-state index is 8.72. The molecule has 1 rings (SSSR count). The highest BCUT2D eigenvalue weighted by Gasteiger charge is 2.01. The highest BCUT2D eigenvalue weighted by atomic mass is 35.5. The second-order valence-corrected chi connectivity index (χ2v) is 3.28. The fourth-order valence-electron chi connectivity index (χ4n) is 1.40. The maximum Gasteiger partial charge on any atom is 0.0604 e. The topological polar surface area (TPSA) is 64.5 Å². The number of aliphatic hydroxyl groups excluding tert-OH is 2. The molecule has 0 aromatic heterocycles. The lowest BCUT2D eigenvalue weighted by atomic mass is 10.1. The van der Waals surface area contributed by atoms with Crippen molar-refractivity contribution in [2.75, 3.05) is 36.9 Å². The minimum atomic E-state index is 0. The van der Waals surface area contributed by atoms with E-state index in [2.05, 4.69) is 10.6 Å². The average molecular weight is 247 g/mol. The van der Waals surface area contributed by atoms with Crippen LogP contribution in [0.25, 0.3) is 0 Å². The van der Waals surface area contributed by atoms with Gasteiger partial charge in [-0.05, 0) is 24.6 Å². The summed E-state index contributed by atoms with van der Waals surface area (Å²) in [6.07, 6.45) is 0.